The number of hydrogen-bond donors (Lipinski definition) is 3. The molecule has 11 nitrogen and oxygen atoms in total. The van der Waals surface area contributed by atoms with E-state index in [0.29, 0.717) is 24.9 Å². The van der Waals surface area contributed by atoms with E-state index in [1.165, 1.54) is 0 Å². The Bertz CT molecular complexity index is 1200. The average molecular weight is 689 g/mol. The van der Waals surface area contributed by atoms with Gasteiger partial charge in [-0.15, -0.1) is 0 Å². The van der Waals surface area contributed by atoms with E-state index in [0.717, 1.165) is 12.8 Å². The highest BCUT2D eigenvalue weighted by molar-refractivity contribution is 5.88. The lowest BCUT2D eigenvalue weighted by molar-refractivity contribution is -0.147. The smallest absolute Gasteiger partial charge is 0.245 e. The van der Waals surface area contributed by atoms with Crippen LogP contribution >= 0.6 is 0 Å². The highest BCUT2D eigenvalue weighted by Gasteiger charge is 2.43. The molecule has 2 rings (SSSR count). The fourth-order valence-corrected chi connectivity index (χ4v) is 7.02. The van der Waals surface area contributed by atoms with Crippen molar-refractivity contribution in [3.63, 3.8) is 0 Å². The second-order valence-electron chi connectivity index (χ2n) is 14.6. The summed E-state index contributed by atoms with van der Waals surface area (Å²) in [5.41, 5.74) is 0.713. The van der Waals surface area contributed by atoms with Crippen molar-refractivity contribution in [2.24, 2.45) is 23.7 Å². The zero-order chi connectivity index (χ0) is 37.0. The summed E-state index contributed by atoms with van der Waals surface area (Å²) in [5.74, 6) is -1.32. The van der Waals surface area contributed by atoms with Crippen LogP contribution in [-0.2, 0) is 28.7 Å². The molecule has 0 saturated carbocycles. The van der Waals surface area contributed by atoms with E-state index in [-0.39, 0.29) is 53.8 Å². The Kier molecular flexibility index (Phi) is 17.2. The van der Waals surface area contributed by atoms with Gasteiger partial charge in [-0.2, -0.15) is 0 Å². The summed E-state index contributed by atoms with van der Waals surface area (Å²) < 4.78 is 11.9. The van der Waals surface area contributed by atoms with Crippen LogP contribution in [0.1, 0.15) is 99.2 Å². The largest absolute Gasteiger partial charge is 0.386 e. The first-order valence-electron chi connectivity index (χ1n) is 18.0. The molecule has 11 heteroatoms. The summed E-state index contributed by atoms with van der Waals surface area (Å²) >= 11 is 0. The predicted octanol–water partition coefficient (Wildman–Crippen LogP) is 4.33. The summed E-state index contributed by atoms with van der Waals surface area (Å²) in [5, 5.41) is 16.7. The number of ether oxygens (including phenoxy) is 2. The van der Waals surface area contributed by atoms with Gasteiger partial charge in [0.05, 0.1) is 48.8 Å². The Morgan fingerprint density at radius 3 is 2.12 bits per heavy atom. The van der Waals surface area contributed by atoms with Crippen LogP contribution in [0, 0.1) is 23.7 Å². The van der Waals surface area contributed by atoms with Gasteiger partial charge in [-0.05, 0) is 43.1 Å². The molecular formula is C38H64N4O7. The Morgan fingerprint density at radius 1 is 0.959 bits per heavy atom. The van der Waals surface area contributed by atoms with E-state index in [2.05, 4.69) is 10.6 Å². The Labute approximate surface area is 294 Å². The first kappa shape index (κ1) is 42.1. The fourth-order valence-electron chi connectivity index (χ4n) is 7.02. The molecular weight excluding hydrogens is 624 g/mol. The Hall–Kier alpha value is -3.02. The van der Waals surface area contributed by atoms with E-state index in [1.54, 1.807) is 44.9 Å². The molecule has 1 aliphatic rings. The second kappa shape index (κ2) is 20.0. The number of carbonyl (C=O) groups is 4. The van der Waals surface area contributed by atoms with E-state index in [4.69, 9.17) is 9.47 Å². The number of nitrogens with zero attached hydrogens (tertiary/aromatic N) is 2. The third-order valence-electron chi connectivity index (χ3n) is 10.1. The number of hydrogen-bond acceptors (Lipinski definition) is 7. The molecule has 1 aromatic carbocycles. The molecule has 1 fully saturated rings. The summed E-state index contributed by atoms with van der Waals surface area (Å²) in [7, 11) is 4.85. The number of likely N-dealkylation sites (tertiary alicyclic amines) is 1. The summed E-state index contributed by atoms with van der Waals surface area (Å²) in [6, 6.07) is 7.21. The highest BCUT2D eigenvalue weighted by Crippen LogP contribution is 2.30. The second-order valence-corrected chi connectivity index (χ2v) is 14.6. The molecule has 0 radical (unpaired) electrons. The number of methoxy groups -OCH3 is 2. The van der Waals surface area contributed by atoms with Gasteiger partial charge >= 0.3 is 0 Å². The minimum absolute atomic E-state index is 0.00363. The molecule has 3 N–H and O–H groups in total. The molecule has 1 aliphatic heterocycles. The van der Waals surface area contributed by atoms with Crippen LogP contribution in [-0.4, -0.2) is 103 Å². The summed E-state index contributed by atoms with van der Waals surface area (Å²) in [6.07, 6.45) is 0.547. The maximum absolute atomic E-state index is 14.1. The standard InChI is InChI=1S/C38H64N4O7/c1-12-25(6)34(41(9)38(47)33(24(4)5)40-31(43)21-23(2)3)30(48-10)22-32(44)42-20-16-19-29(42)36(49-11)26(7)37(46)39-27(8)35(45)28-17-14-13-15-18-28/h13-15,17-18,23-27,29-30,33-36,45H,12,16,19-22H2,1-11H3,(H,39,46)(H,40,43)/t25?,26-,27-,29?,30-,33+,34+,35?,36-/m1/s1. The van der Waals surface area contributed by atoms with Crippen LogP contribution in [0.2, 0.25) is 0 Å². The van der Waals surface area contributed by atoms with Gasteiger partial charge in [0.25, 0.3) is 0 Å². The average Bonchev–Trinajstić information content (AvgIpc) is 3.55. The van der Waals surface area contributed by atoms with E-state index >= 15 is 0 Å². The van der Waals surface area contributed by atoms with E-state index in [9.17, 15) is 24.3 Å². The quantitative estimate of drug-likeness (QED) is 0.197. The number of likely N-dealkylation sites (N-methyl/N-ethyl adjacent to an activating group) is 1. The normalized spacial score (nSPS) is 19.8. The van der Waals surface area contributed by atoms with Gasteiger partial charge < -0.3 is 35.0 Å². The van der Waals surface area contributed by atoms with Crippen molar-refractivity contribution in [2.45, 2.75) is 130 Å². The lowest BCUT2D eigenvalue weighted by Crippen LogP contribution is -2.58. The maximum atomic E-state index is 14.1. The van der Waals surface area contributed by atoms with Crippen molar-refractivity contribution < 1.29 is 33.8 Å². The monoisotopic (exact) mass is 688 g/mol. The molecule has 0 aromatic heterocycles. The lowest BCUT2D eigenvalue weighted by atomic mass is 9.89. The zero-order valence-electron chi connectivity index (χ0n) is 31.8. The number of amides is 4. The maximum Gasteiger partial charge on any atom is 0.245 e. The molecule has 49 heavy (non-hydrogen) atoms. The number of carbonyl (C=O) groups excluding carboxylic acids is 4. The first-order chi connectivity index (χ1) is 23.1. The molecule has 1 heterocycles. The molecule has 0 bridgehead atoms. The zero-order valence-corrected chi connectivity index (χ0v) is 31.8. The summed E-state index contributed by atoms with van der Waals surface area (Å²) in [4.78, 5) is 57.5. The third-order valence-corrected chi connectivity index (χ3v) is 10.1. The van der Waals surface area contributed by atoms with Crippen molar-refractivity contribution in [1.29, 1.82) is 0 Å². The summed E-state index contributed by atoms with van der Waals surface area (Å²) in [6.45, 7) is 15.9. The number of aliphatic hydroxyl groups is 1. The van der Waals surface area contributed by atoms with E-state index in [1.807, 2.05) is 71.9 Å². The minimum atomic E-state index is -0.871. The van der Waals surface area contributed by atoms with Crippen molar-refractivity contribution in [1.82, 2.24) is 20.4 Å². The molecule has 1 aromatic rings. The van der Waals surface area contributed by atoms with Gasteiger partial charge in [0, 0.05) is 34.2 Å². The van der Waals surface area contributed by atoms with Crippen molar-refractivity contribution in [3.05, 3.63) is 35.9 Å². The first-order valence-corrected chi connectivity index (χ1v) is 18.0. The molecule has 278 valence electrons. The van der Waals surface area contributed by atoms with Gasteiger partial charge in [-0.3, -0.25) is 19.2 Å². The van der Waals surface area contributed by atoms with Gasteiger partial charge in [-0.1, -0.05) is 85.2 Å². The Balaban J connectivity index is 2.22. The van der Waals surface area contributed by atoms with Gasteiger partial charge in [0.15, 0.2) is 0 Å². The lowest BCUT2D eigenvalue weighted by Gasteiger charge is -2.41. The molecule has 3 unspecified atom stereocenters. The van der Waals surface area contributed by atoms with Crippen LogP contribution in [0.5, 0.6) is 0 Å². The Morgan fingerprint density at radius 2 is 1.59 bits per heavy atom. The minimum Gasteiger partial charge on any atom is -0.386 e. The van der Waals surface area contributed by atoms with Crippen LogP contribution in [0.25, 0.3) is 0 Å². The molecule has 9 atom stereocenters. The molecule has 1 saturated heterocycles. The van der Waals surface area contributed by atoms with Crippen LogP contribution < -0.4 is 10.6 Å². The van der Waals surface area contributed by atoms with Crippen molar-refractivity contribution >= 4 is 23.6 Å². The van der Waals surface area contributed by atoms with Crippen LogP contribution in [0.4, 0.5) is 0 Å². The number of benzene rings is 1. The van der Waals surface area contributed by atoms with E-state index < -0.39 is 42.4 Å². The molecule has 0 spiro atoms. The highest BCUT2D eigenvalue weighted by atomic mass is 16.5. The molecule has 4 amide bonds. The number of nitrogens with one attached hydrogen (secondary N) is 2. The van der Waals surface area contributed by atoms with Crippen LogP contribution in [0.15, 0.2) is 30.3 Å². The number of rotatable bonds is 19. The third kappa shape index (κ3) is 11.5. The van der Waals surface area contributed by atoms with Crippen molar-refractivity contribution in [3.8, 4) is 0 Å². The van der Waals surface area contributed by atoms with Crippen molar-refractivity contribution in [2.75, 3.05) is 27.8 Å². The van der Waals surface area contributed by atoms with Gasteiger partial charge in [0.1, 0.15) is 6.04 Å². The SMILES string of the molecule is CCC(C)[C@@H]([C@@H](CC(=O)N1CCCC1[C@H](OC)[C@@H](C)C(=O)N[C@H](C)C(O)c1ccccc1)OC)N(C)C(=O)[C@@H](NC(=O)CC(C)C)C(C)C. The molecule has 0 aliphatic carbocycles. The predicted molar refractivity (Wildman–Crippen MR) is 191 cm³/mol. The van der Waals surface area contributed by atoms with Crippen LogP contribution in [0.3, 0.4) is 0 Å². The number of aliphatic hydroxyl groups excluding tert-OH is 1. The van der Waals surface area contributed by atoms with Gasteiger partial charge in [0.2, 0.25) is 23.6 Å². The fraction of sp³-hybridized carbons (Fsp3) is 0.737. The topological polar surface area (TPSA) is 138 Å². The van der Waals surface area contributed by atoms with Gasteiger partial charge in [-0.25, -0.2) is 0 Å².